The first-order valence-electron chi connectivity index (χ1n) is 7.60. The van der Waals surface area contributed by atoms with Gasteiger partial charge in [-0.3, -0.25) is 9.59 Å². The van der Waals surface area contributed by atoms with E-state index in [4.69, 9.17) is 15.2 Å². The van der Waals surface area contributed by atoms with Gasteiger partial charge >= 0.3 is 0 Å². The normalized spacial score (nSPS) is 11.4. The maximum Gasteiger partial charge on any atom is 0.265 e. The summed E-state index contributed by atoms with van der Waals surface area (Å²) < 4.78 is 10.9. The molecule has 0 spiro atoms. The van der Waals surface area contributed by atoms with E-state index in [1.807, 2.05) is 6.92 Å². The van der Waals surface area contributed by atoms with E-state index in [1.54, 1.807) is 55.5 Å². The molecule has 24 heavy (non-hydrogen) atoms. The summed E-state index contributed by atoms with van der Waals surface area (Å²) in [5.74, 6) is 0.0673. The smallest absolute Gasteiger partial charge is 0.265 e. The minimum absolute atomic E-state index is 0.234. The van der Waals surface area contributed by atoms with Crippen molar-refractivity contribution in [3.8, 4) is 11.5 Å². The van der Waals surface area contributed by atoms with Gasteiger partial charge in [-0.25, -0.2) is 0 Å². The highest BCUT2D eigenvalue weighted by Gasteiger charge is 2.18. The molecule has 2 amide bonds. The van der Waals surface area contributed by atoms with Crippen LogP contribution in [0.25, 0.3) is 0 Å². The second kappa shape index (κ2) is 8.01. The van der Waals surface area contributed by atoms with E-state index in [0.29, 0.717) is 12.3 Å². The van der Waals surface area contributed by atoms with E-state index in [9.17, 15) is 9.59 Å². The van der Waals surface area contributed by atoms with Crippen molar-refractivity contribution < 1.29 is 19.1 Å². The van der Waals surface area contributed by atoms with Gasteiger partial charge in [-0.1, -0.05) is 12.1 Å². The van der Waals surface area contributed by atoms with Gasteiger partial charge in [0, 0.05) is 5.69 Å². The molecule has 0 radical (unpaired) electrons. The quantitative estimate of drug-likeness (QED) is 0.817. The topological polar surface area (TPSA) is 90.7 Å². The van der Waals surface area contributed by atoms with Gasteiger partial charge in [0.25, 0.3) is 11.8 Å². The molecule has 6 heteroatoms. The minimum atomic E-state index is -0.794. The number of rotatable bonds is 7. The third-order valence-corrected chi connectivity index (χ3v) is 3.26. The van der Waals surface area contributed by atoms with Crippen LogP contribution in [0.5, 0.6) is 11.5 Å². The molecule has 0 aromatic heterocycles. The van der Waals surface area contributed by atoms with E-state index in [2.05, 4.69) is 5.32 Å². The van der Waals surface area contributed by atoms with Crippen molar-refractivity contribution >= 4 is 17.5 Å². The third-order valence-electron chi connectivity index (χ3n) is 3.26. The van der Waals surface area contributed by atoms with Crippen LogP contribution in [0.1, 0.15) is 24.2 Å². The average Bonchev–Trinajstić information content (AvgIpc) is 2.57. The largest absolute Gasteiger partial charge is 0.494 e. The Morgan fingerprint density at radius 1 is 1.12 bits per heavy atom. The van der Waals surface area contributed by atoms with Crippen LogP contribution in [0.2, 0.25) is 0 Å². The number of primary amides is 1. The molecule has 2 rings (SSSR count). The first-order chi connectivity index (χ1) is 11.5. The van der Waals surface area contributed by atoms with Crippen molar-refractivity contribution in [1.82, 2.24) is 0 Å². The third kappa shape index (κ3) is 4.49. The zero-order valence-corrected chi connectivity index (χ0v) is 13.6. The van der Waals surface area contributed by atoms with E-state index >= 15 is 0 Å². The molecule has 0 saturated heterocycles. The fourth-order valence-corrected chi connectivity index (χ4v) is 2.06. The fraction of sp³-hybridized carbons (Fsp3) is 0.222. The number of hydrogen-bond acceptors (Lipinski definition) is 4. The summed E-state index contributed by atoms with van der Waals surface area (Å²) in [4.78, 5) is 23.6. The maximum atomic E-state index is 12.2. The number of nitrogens with one attached hydrogen (secondary N) is 1. The number of nitrogens with two attached hydrogens (primary N) is 1. The highest BCUT2D eigenvalue weighted by Crippen LogP contribution is 2.20. The average molecular weight is 328 g/mol. The number of hydrogen-bond donors (Lipinski definition) is 2. The van der Waals surface area contributed by atoms with Crippen LogP contribution in [0.3, 0.4) is 0 Å². The molecular weight excluding hydrogens is 308 g/mol. The van der Waals surface area contributed by atoms with Crippen molar-refractivity contribution in [2.24, 2.45) is 5.73 Å². The highest BCUT2D eigenvalue weighted by atomic mass is 16.5. The van der Waals surface area contributed by atoms with Crippen molar-refractivity contribution in [1.29, 1.82) is 0 Å². The molecule has 1 unspecified atom stereocenters. The number of ether oxygens (including phenoxy) is 2. The van der Waals surface area contributed by atoms with Crippen LogP contribution in [0.4, 0.5) is 5.69 Å². The Morgan fingerprint density at radius 3 is 2.42 bits per heavy atom. The highest BCUT2D eigenvalue weighted by molar-refractivity contribution is 5.96. The summed E-state index contributed by atoms with van der Waals surface area (Å²) in [6.07, 6.45) is -0.794. The number of amides is 2. The van der Waals surface area contributed by atoms with Crippen molar-refractivity contribution in [2.75, 3.05) is 11.9 Å². The van der Waals surface area contributed by atoms with E-state index in [-0.39, 0.29) is 17.2 Å². The molecule has 3 N–H and O–H groups in total. The molecule has 2 aromatic carbocycles. The van der Waals surface area contributed by atoms with E-state index in [0.717, 1.165) is 5.75 Å². The second-order valence-electron chi connectivity index (χ2n) is 5.07. The van der Waals surface area contributed by atoms with Crippen LogP contribution in [0, 0.1) is 0 Å². The molecule has 0 bridgehead atoms. The summed E-state index contributed by atoms with van der Waals surface area (Å²) in [5.41, 5.74) is 6.16. The van der Waals surface area contributed by atoms with Gasteiger partial charge in [0.15, 0.2) is 6.10 Å². The molecule has 126 valence electrons. The zero-order valence-electron chi connectivity index (χ0n) is 13.6. The molecule has 0 heterocycles. The van der Waals surface area contributed by atoms with Gasteiger partial charge in [-0.2, -0.15) is 0 Å². The molecule has 2 aromatic rings. The fourth-order valence-electron chi connectivity index (χ4n) is 2.06. The van der Waals surface area contributed by atoms with Crippen LogP contribution in [-0.4, -0.2) is 24.5 Å². The first kappa shape index (κ1) is 17.3. The number of para-hydroxylation sites is 1. The van der Waals surface area contributed by atoms with Crippen LogP contribution >= 0.6 is 0 Å². The summed E-state index contributed by atoms with van der Waals surface area (Å²) in [5, 5.41) is 2.74. The molecule has 0 aliphatic carbocycles. The Kier molecular flexibility index (Phi) is 5.78. The summed E-state index contributed by atoms with van der Waals surface area (Å²) in [7, 11) is 0. The predicted molar refractivity (Wildman–Crippen MR) is 91.3 cm³/mol. The lowest BCUT2D eigenvalue weighted by Crippen LogP contribution is -2.30. The van der Waals surface area contributed by atoms with Crippen molar-refractivity contribution in [3.63, 3.8) is 0 Å². The van der Waals surface area contributed by atoms with Crippen LogP contribution in [0.15, 0.2) is 48.5 Å². The number of benzene rings is 2. The SMILES string of the molecule is CCOc1ccc(NC(=O)C(C)Oc2ccccc2C(N)=O)cc1. The molecule has 0 saturated carbocycles. The lowest BCUT2D eigenvalue weighted by Gasteiger charge is -2.16. The Hall–Kier alpha value is -3.02. The van der Waals surface area contributed by atoms with Gasteiger partial charge in [-0.15, -0.1) is 0 Å². The lowest BCUT2D eigenvalue weighted by molar-refractivity contribution is -0.122. The van der Waals surface area contributed by atoms with Gasteiger partial charge in [0.1, 0.15) is 11.5 Å². The predicted octanol–water partition coefficient (Wildman–Crippen LogP) is 2.59. The minimum Gasteiger partial charge on any atom is -0.494 e. The van der Waals surface area contributed by atoms with Gasteiger partial charge in [-0.05, 0) is 50.2 Å². The lowest BCUT2D eigenvalue weighted by atomic mass is 10.2. The van der Waals surface area contributed by atoms with Crippen LogP contribution < -0.4 is 20.5 Å². The van der Waals surface area contributed by atoms with E-state index in [1.165, 1.54) is 0 Å². The number of carbonyl (C=O) groups excluding carboxylic acids is 2. The second-order valence-corrected chi connectivity index (χ2v) is 5.07. The molecule has 0 aliphatic heterocycles. The number of anilines is 1. The first-order valence-corrected chi connectivity index (χ1v) is 7.60. The van der Waals surface area contributed by atoms with Crippen LogP contribution in [-0.2, 0) is 4.79 Å². The molecule has 1 atom stereocenters. The van der Waals surface area contributed by atoms with Crippen molar-refractivity contribution in [2.45, 2.75) is 20.0 Å². The maximum absolute atomic E-state index is 12.2. The molecule has 0 aliphatic rings. The Balaban J connectivity index is 2.01. The van der Waals surface area contributed by atoms with Crippen molar-refractivity contribution in [3.05, 3.63) is 54.1 Å². The standard InChI is InChI=1S/C18H20N2O4/c1-3-23-14-10-8-13(9-11-14)20-18(22)12(2)24-16-7-5-4-6-15(16)17(19)21/h4-12H,3H2,1-2H3,(H2,19,21)(H,20,22). The van der Waals surface area contributed by atoms with Gasteiger partial charge in [0.2, 0.25) is 0 Å². The van der Waals surface area contributed by atoms with Gasteiger partial charge < -0.3 is 20.5 Å². The van der Waals surface area contributed by atoms with E-state index < -0.39 is 12.0 Å². The Labute approximate surface area is 140 Å². The Morgan fingerprint density at radius 2 is 1.79 bits per heavy atom. The summed E-state index contributed by atoms with van der Waals surface area (Å²) >= 11 is 0. The monoisotopic (exact) mass is 328 g/mol. The molecular formula is C18H20N2O4. The molecule has 6 nitrogen and oxygen atoms in total. The molecule has 0 fully saturated rings. The Bertz CT molecular complexity index is 713. The summed E-state index contributed by atoms with van der Waals surface area (Å²) in [6, 6.07) is 13.6. The zero-order chi connectivity index (χ0) is 17.5. The number of carbonyl (C=O) groups is 2. The van der Waals surface area contributed by atoms with Gasteiger partial charge in [0.05, 0.1) is 12.2 Å². The summed E-state index contributed by atoms with van der Waals surface area (Å²) in [6.45, 7) is 4.08.